The number of nitrogens with zero attached hydrogens (tertiary/aromatic N) is 2. The molecule has 0 saturated heterocycles. The minimum absolute atomic E-state index is 0.124. The van der Waals surface area contributed by atoms with Crippen LogP contribution in [0.2, 0.25) is 0 Å². The summed E-state index contributed by atoms with van der Waals surface area (Å²) >= 11 is 5.91. The number of hydrogen-bond donors (Lipinski definition) is 0. The highest BCUT2D eigenvalue weighted by molar-refractivity contribution is 6.18. The number of halogens is 1. The summed E-state index contributed by atoms with van der Waals surface area (Å²) < 4.78 is 5.08. The van der Waals surface area contributed by atoms with Gasteiger partial charge in [-0.1, -0.05) is 6.07 Å². The van der Waals surface area contributed by atoms with Crippen molar-refractivity contribution in [2.75, 3.05) is 24.9 Å². The van der Waals surface area contributed by atoms with Crippen molar-refractivity contribution in [3.63, 3.8) is 0 Å². The van der Waals surface area contributed by atoms with E-state index in [9.17, 15) is 0 Å². The zero-order valence-corrected chi connectivity index (χ0v) is 10.4. The first-order valence-electron chi connectivity index (χ1n) is 4.82. The Morgan fingerprint density at radius 3 is 2.67 bits per heavy atom. The quantitative estimate of drug-likeness (QED) is 0.741. The molecule has 15 heavy (non-hydrogen) atoms. The van der Waals surface area contributed by atoms with Crippen LogP contribution in [0.4, 0.5) is 5.82 Å². The number of alkyl halides is 1. The van der Waals surface area contributed by atoms with Gasteiger partial charge >= 0.3 is 0 Å². The van der Waals surface area contributed by atoms with Crippen LogP contribution in [0.25, 0.3) is 0 Å². The van der Waals surface area contributed by atoms with Crippen molar-refractivity contribution in [2.24, 2.45) is 0 Å². The van der Waals surface area contributed by atoms with Gasteiger partial charge in [0.1, 0.15) is 5.82 Å². The molecule has 1 aromatic rings. The molecule has 0 bridgehead atoms. The van der Waals surface area contributed by atoms with Crippen LogP contribution in [-0.2, 0) is 0 Å². The van der Waals surface area contributed by atoms with Crippen LogP contribution < -0.4 is 9.64 Å². The highest BCUT2D eigenvalue weighted by atomic mass is 35.5. The van der Waals surface area contributed by atoms with Gasteiger partial charge in [0.05, 0.1) is 7.11 Å². The summed E-state index contributed by atoms with van der Waals surface area (Å²) in [6.45, 7) is 4.14. The first kappa shape index (κ1) is 12.1. The standard InChI is InChI=1S/C11H17ClN2O/c1-11(2,8-12)14(3)9-6-5-7-10(13-9)15-4/h5-7H,8H2,1-4H3. The normalized spacial score (nSPS) is 11.3. The molecule has 0 aliphatic rings. The molecule has 1 heterocycles. The predicted molar refractivity (Wildman–Crippen MR) is 64.0 cm³/mol. The zero-order chi connectivity index (χ0) is 11.5. The van der Waals surface area contributed by atoms with E-state index in [-0.39, 0.29) is 5.54 Å². The Bertz CT molecular complexity index is 328. The molecule has 0 aromatic carbocycles. The molecule has 1 aromatic heterocycles. The molecule has 3 nitrogen and oxygen atoms in total. The van der Waals surface area contributed by atoms with E-state index in [2.05, 4.69) is 18.8 Å². The first-order chi connectivity index (χ1) is 7.01. The minimum Gasteiger partial charge on any atom is -0.481 e. The van der Waals surface area contributed by atoms with E-state index in [4.69, 9.17) is 16.3 Å². The smallest absolute Gasteiger partial charge is 0.214 e. The van der Waals surface area contributed by atoms with E-state index in [0.717, 1.165) is 5.82 Å². The van der Waals surface area contributed by atoms with Gasteiger partial charge in [0.2, 0.25) is 5.88 Å². The maximum atomic E-state index is 5.91. The number of ether oxygens (including phenoxy) is 1. The van der Waals surface area contributed by atoms with Crippen molar-refractivity contribution in [2.45, 2.75) is 19.4 Å². The molecule has 1 rings (SSSR count). The third kappa shape index (κ3) is 2.75. The van der Waals surface area contributed by atoms with E-state index < -0.39 is 0 Å². The van der Waals surface area contributed by atoms with Gasteiger partial charge in [-0.05, 0) is 19.9 Å². The number of hydrogen-bond acceptors (Lipinski definition) is 3. The predicted octanol–water partition coefficient (Wildman–Crippen LogP) is 2.54. The van der Waals surface area contributed by atoms with Gasteiger partial charge < -0.3 is 9.64 Å². The molecular weight excluding hydrogens is 212 g/mol. The molecule has 0 N–H and O–H groups in total. The summed E-state index contributed by atoms with van der Waals surface area (Å²) in [5, 5.41) is 0. The lowest BCUT2D eigenvalue weighted by Crippen LogP contribution is -2.43. The zero-order valence-electron chi connectivity index (χ0n) is 9.62. The monoisotopic (exact) mass is 228 g/mol. The molecule has 4 heteroatoms. The van der Waals surface area contributed by atoms with Crippen LogP contribution in [0.5, 0.6) is 5.88 Å². The lowest BCUT2D eigenvalue weighted by molar-refractivity contribution is 0.397. The second-order valence-electron chi connectivity index (χ2n) is 4.04. The average Bonchev–Trinajstić information content (AvgIpc) is 2.28. The van der Waals surface area contributed by atoms with Crippen LogP contribution in [-0.4, -0.2) is 30.6 Å². The maximum Gasteiger partial charge on any atom is 0.214 e. The molecule has 84 valence electrons. The van der Waals surface area contributed by atoms with Crippen molar-refractivity contribution >= 4 is 17.4 Å². The van der Waals surface area contributed by atoms with Crippen molar-refractivity contribution in [1.82, 2.24) is 4.98 Å². The maximum absolute atomic E-state index is 5.91. The average molecular weight is 229 g/mol. The van der Waals surface area contributed by atoms with Gasteiger partial charge in [-0.3, -0.25) is 0 Å². The minimum atomic E-state index is -0.124. The first-order valence-corrected chi connectivity index (χ1v) is 5.35. The van der Waals surface area contributed by atoms with Crippen LogP contribution in [0, 0.1) is 0 Å². The Morgan fingerprint density at radius 1 is 1.47 bits per heavy atom. The molecule has 0 atom stereocenters. The molecule has 0 saturated carbocycles. The van der Waals surface area contributed by atoms with Crippen LogP contribution in [0.3, 0.4) is 0 Å². The Morgan fingerprint density at radius 2 is 2.13 bits per heavy atom. The van der Waals surface area contributed by atoms with E-state index in [0.29, 0.717) is 11.8 Å². The second-order valence-corrected chi connectivity index (χ2v) is 4.31. The Labute approximate surface area is 96.0 Å². The fourth-order valence-corrected chi connectivity index (χ4v) is 1.28. The number of methoxy groups -OCH3 is 1. The van der Waals surface area contributed by atoms with Gasteiger partial charge in [0, 0.05) is 24.5 Å². The topological polar surface area (TPSA) is 25.4 Å². The van der Waals surface area contributed by atoms with E-state index in [1.807, 2.05) is 30.1 Å². The van der Waals surface area contributed by atoms with Crippen LogP contribution in [0.1, 0.15) is 13.8 Å². The number of rotatable bonds is 4. The summed E-state index contributed by atoms with van der Waals surface area (Å²) in [4.78, 5) is 6.39. The number of anilines is 1. The summed E-state index contributed by atoms with van der Waals surface area (Å²) in [7, 11) is 3.59. The molecule has 0 spiro atoms. The van der Waals surface area contributed by atoms with E-state index in [1.54, 1.807) is 7.11 Å². The molecular formula is C11H17ClN2O. The third-order valence-corrected chi connectivity index (χ3v) is 3.15. The Hall–Kier alpha value is -0.960. The SMILES string of the molecule is COc1cccc(N(C)C(C)(C)CCl)n1. The van der Waals surface area contributed by atoms with Crippen molar-refractivity contribution in [1.29, 1.82) is 0 Å². The lowest BCUT2D eigenvalue weighted by Gasteiger charge is -2.34. The van der Waals surface area contributed by atoms with Gasteiger partial charge in [-0.25, -0.2) is 0 Å². The largest absolute Gasteiger partial charge is 0.481 e. The summed E-state index contributed by atoms with van der Waals surface area (Å²) in [5.41, 5.74) is -0.124. The van der Waals surface area contributed by atoms with Crippen molar-refractivity contribution < 1.29 is 4.74 Å². The van der Waals surface area contributed by atoms with Gasteiger partial charge in [0.25, 0.3) is 0 Å². The summed E-state index contributed by atoms with van der Waals surface area (Å²) in [6.07, 6.45) is 0. The molecule has 0 radical (unpaired) electrons. The fraction of sp³-hybridized carbons (Fsp3) is 0.545. The van der Waals surface area contributed by atoms with E-state index in [1.165, 1.54) is 0 Å². The summed E-state index contributed by atoms with van der Waals surface area (Å²) in [5.74, 6) is 2.02. The van der Waals surface area contributed by atoms with Gasteiger partial charge in [-0.15, -0.1) is 11.6 Å². The lowest BCUT2D eigenvalue weighted by atomic mass is 10.1. The van der Waals surface area contributed by atoms with Crippen LogP contribution in [0.15, 0.2) is 18.2 Å². The molecule has 0 aliphatic heterocycles. The number of aromatic nitrogens is 1. The highest BCUT2D eigenvalue weighted by Gasteiger charge is 2.23. The Balaban J connectivity index is 2.95. The fourth-order valence-electron chi connectivity index (χ4n) is 1.10. The van der Waals surface area contributed by atoms with Crippen molar-refractivity contribution in [3.8, 4) is 5.88 Å². The van der Waals surface area contributed by atoms with Crippen molar-refractivity contribution in [3.05, 3.63) is 18.2 Å². The highest BCUT2D eigenvalue weighted by Crippen LogP contribution is 2.22. The van der Waals surface area contributed by atoms with Gasteiger partial charge in [-0.2, -0.15) is 4.98 Å². The molecule has 0 fully saturated rings. The molecule has 0 aliphatic carbocycles. The Kier molecular flexibility index (Phi) is 3.80. The number of pyridine rings is 1. The van der Waals surface area contributed by atoms with E-state index >= 15 is 0 Å². The third-order valence-electron chi connectivity index (χ3n) is 2.50. The summed E-state index contributed by atoms with van der Waals surface area (Å²) in [6, 6.07) is 5.68. The second kappa shape index (κ2) is 4.71. The molecule has 0 unspecified atom stereocenters. The van der Waals surface area contributed by atoms with Crippen LogP contribution >= 0.6 is 11.6 Å². The molecule has 0 amide bonds. The van der Waals surface area contributed by atoms with Gasteiger partial charge in [0.15, 0.2) is 0 Å².